The SMILES string of the molecule is CCOC(=O)c1ccnc(Oc2ccc(C=NNc3nc(C)cs3)cc2OC)c1. The summed E-state index contributed by atoms with van der Waals surface area (Å²) in [5, 5.41) is 6.84. The molecule has 3 rings (SSSR count). The van der Waals surface area contributed by atoms with Crippen molar-refractivity contribution in [1.82, 2.24) is 9.97 Å². The number of aryl methyl sites for hydroxylation is 1. The summed E-state index contributed by atoms with van der Waals surface area (Å²) in [7, 11) is 1.54. The first-order valence-corrected chi connectivity index (χ1v) is 9.67. The molecule has 0 bridgehead atoms. The van der Waals surface area contributed by atoms with Crippen LogP contribution in [0.25, 0.3) is 0 Å². The van der Waals surface area contributed by atoms with Gasteiger partial charge in [0, 0.05) is 17.6 Å². The van der Waals surface area contributed by atoms with Gasteiger partial charge in [-0.15, -0.1) is 11.3 Å². The van der Waals surface area contributed by atoms with Gasteiger partial charge in [-0.2, -0.15) is 5.10 Å². The third kappa shape index (κ3) is 5.52. The Kier molecular flexibility index (Phi) is 6.75. The maximum Gasteiger partial charge on any atom is 0.338 e. The summed E-state index contributed by atoms with van der Waals surface area (Å²) < 4.78 is 16.2. The third-order valence-electron chi connectivity index (χ3n) is 3.64. The Balaban J connectivity index is 1.72. The molecule has 29 heavy (non-hydrogen) atoms. The lowest BCUT2D eigenvalue weighted by Gasteiger charge is -2.11. The number of esters is 1. The molecule has 1 N–H and O–H groups in total. The number of hydrazone groups is 1. The summed E-state index contributed by atoms with van der Waals surface area (Å²) in [6.07, 6.45) is 3.14. The average molecular weight is 412 g/mol. The van der Waals surface area contributed by atoms with Gasteiger partial charge in [0.1, 0.15) is 0 Å². The highest BCUT2D eigenvalue weighted by atomic mass is 32.1. The number of rotatable bonds is 8. The van der Waals surface area contributed by atoms with Crippen LogP contribution in [0.4, 0.5) is 5.13 Å². The van der Waals surface area contributed by atoms with E-state index in [1.807, 2.05) is 18.4 Å². The minimum Gasteiger partial charge on any atom is -0.493 e. The number of carbonyl (C=O) groups is 1. The van der Waals surface area contributed by atoms with Crippen LogP contribution in [0, 0.1) is 6.92 Å². The van der Waals surface area contributed by atoms with Crippen LogP contribution >= 0.6 is 11.3 Å². The van der Waals surface area contributed by atoms with Gasteiger partial charge in [0.15, 0.2) is 11.5 Å². The van der Waals surface area contributed by atoms with Gasteiger partial charge in [-0.1, -0.05) is 0 Å². The number of pyridine rings is 1. The molecular weight excluding hydrogens is 392 g/mol. The van der Waals surface area contributed by atoms with Gasteiger partial charge in [0.2, 0.25) is 11.0 Å². The molecule has 0 radical (unpaired) electrons. The van der Waals surface area contributed by atoms with Crippen molar-refractivity contribution in [2.24, 2.45) is 5.10 Å². The zero-order valence-corrected chi connectivity index (χ0v) is 17.0. The predicted octanol–water partition coefficient (Wildman–Crippen LogP) is 4.27. The van der Waals surface area contributed by atoms with Gasteiger partial charge >= 0.3 is 5.97 Å². The number of benzene rings is 1. The molecule has 0 fully saturated rings. The fourth-order valence-corrected chi connectivity index (χ4v) is 2.97. The van der Waals surface area contributed by atoms with Gasteiger partial charge in [0.05, 0.1) is 31.2 Å². The summed E-state index contributed by atoms with van der Waals surface area (Å²) in [5.74, 6) is 0.793. The number of ether oxygens (including phenoxy) is 3. The fourth-order valence-electron chi connectivity index (χ4n) is 2.34. The number of thiazole rings is 1. The minimum atomic E-state index is -0.429. The van der Waals surface area contributed by atoms with E-state index in [1.165, 1.54) is 23.6 Å². The van der Waals surface area contributed by atoms with Crippen molar-refractivity contribution in [2.75, 3.05) is 19.1 Å². The first-order valence-electron chi connectivity index (χ1n) is 8.79. The molecule has 0 unspecified atom stereocenters. The molecule has 0 spiro atoms. The van der Waals surface area contributed by atoms with Gasteiger partial charge in [-0.05, 0) is 43.7 Å². The van der Waals surface area contributed by atoms with Crippen LogP contribution in [0.3, 0.4) is 0 Å². The minimum absolute atomic E-state index is 0.260. The maximum absolute atomic E-state index is 11.9. The average Bonchev–Trinajstić information content (AvgIpc) is 3.14. The standard InChI is InChI=1S/C20H20N4O4S/c1-4-27-19(25)15-7-8-21-18(10-15)28-16-6-5-14(9-17(16)26-3)11-22-24-20-23-13(2)12-29-20/h5-12H,4H2,1-3H3,(H,23,24). The van der Waals surface area contributed by atoms with Gasteiger partial charge in [-0.25, -0.2) is 14.8 Å². The summed E-state index contributed by atoms with van der Waals surface area (Å²) in [4.78, 5) is 20.3. The molecule has 0 saturated heterocycles. The molecule has 0 aliphatic carbocycles. The van der Waals surface area contributed by atoms with Crippen molar-refractivity contribution in [2.45, 2.75) is 13.8 Å². The Morgan fingerprint density at radius 3 is 2.86 bits per heavy atom. The normalized spacial score (nSPS) is 10.7. The second-order valence-corrected chi connectivity index (χ2v) is 6.64. The van der Waals surface area contributed by atoms with E-state index in [0.29, 0.717) is 23.7 Å². The molecular formula is C20H20N4O4S. The molecule has 1 aromatic carbocycles. The molecule has 8 nitrogen and oxygen atoms in total. The zero-order valence-electron chi connectivity index (χ0n) is 16.2. The van der Waals surface area contributed by atoms with Gasteiger partial charge in [-0.3, -0.25) is 5.43 Å². The van der Waals surface area contributed by atoms with E-state index in [0.717, 1.165) is 16.4 Å². The van der Waals surface area contributed by atoms with E-state index in [4.69, 9.17) is 14.2 Å². The van der Waals surface area contributed by atoms with Crippen LogP contribution in [0.2, 0.25) is 0 Å². The largest absolute Gasteiger partial charge is 0.493 e. The van der Waals surface area contributed by atoms with E-state index in [-0.39, 0.29) is 5.88 Å². The Labute approximate surface area is 172 Å². The summed E-state index contributed by atoms with van der Waals surface area (Å²) in [6, 6.07) is 8.44. The van der Waals surface area contributed by atoms with Gasteiger partial charge in [0.25, 0.3) is 0 Å². The van der Waals surface area contributed by atoms with Crippen LogP contribution in [-0.4, -0.2) is 35.9 Å². The molecule has 0 aliphatic heterocycles. The van der Waals surface area contributed by atoms with E-state index in [2.05, 4.69) is 20.5 Å². The Bertz CT molecular complexity index is 1020. The quantitative estimate of drug-likeness (QED) is 0.335. The van der Waals surface area contributed by atoms with Crippen molar-refractivity contribution in [1.29, 1.82) is 0 Å². The lowest BCUT2D eigenvalue weighted by Crippen LogP contribution is -2.05. The molecule has 0 amide bonds. The number of nitrogens with zero attached hydrogens (tertiary/aromatic N) is 3. The third-order valence-corrected chi connectivity index (χ3v) is 4.51. The topological polar surface area (TPSA) is 94.9 Å². The van der Waals surface area contributed by atoms with Crippen LogP contribution in [0.15, 0.2) is 47.0 Å². The molecule has 2 heterocycles. The first kappa shape index (κ1) is 20.3. The maximum atomic E-state index is 11.9. The Morgan fingerprint density at radius 2 is 2.14 bits per heavy atom. The monoisotopic (exact) mass is 412 g/mol. The Morgan fingerprint density at radius 1 is 1.28 bits per heavy atom. The van der Waals surface area contributed by atoms with Crippen molar-refractivity contribution in [3.63, 3.8) is 0 Å². The molecule has 0 aliphatic rings. The molecule has 0 atom stereocenters. The highest BCUT2D eigenvalue weighted by Gasteiger charge is 2.11. The highest BCUT2D eigenvalue weighted by molar-refractivity contribution is 7.13. The van der Waals surface area contributed by atoms with Crippen LogP contribution in [0.5, 0.6) is 17.4 Å². The van der Waals surface area contributed by atoms with Crippen LogP contribution in [-0.2, 0) is 4.74 Å². The van der Waals surface area contributed by atoms with Crippen molar-refractivity contribution in [3.8, 4) is 17.4 Å². The fraction of sp³-hybridized carbons (Fsp3) is 0.200. The summed E-state index contributed by atoms with van der Waals surface area (Å²) in [5.41, 5.74) is 5.00. The van der Waals surface area contributed by atoms with E-state index in [1.54, 1.807) is 38.4 Å². The second-order valence-electron chi connectivity index (χ2n) is 5.78. The number of carbonyl (C=O) groups excluding carboxylic acids is 1. The Hall–Kier alpha value is -3.46. The number of hydrogen-bond acceptors (Lipinski definition) is 9. The van der Waals surface area contributed by atoms with Gasteiger partial charge < -0.3 is 14.2 Å². The van der Waals surface area contributed by atoms with Crippen LogP contribution < -0.4 is 14.9 Å². The molecule has 9 heteroatoms. The predicted molar refractivity (Wildman–Crippen MR) is 111 cm³/mol. The molecule has 2 aromatic heterocycles. The summed E-state index contributed by atoms with van der Waals surface area (Å²) in [6.45, 7) is 3.97. The number of nitrogens with one attached hydrogen (secondary N) is 1. The smallest absolute Gasteiger partial charge is 0.338 e. The second kappa shape index (κ2) is 9.65. The number of aromatic nitrogens is 2. The number of methoxy groups -OCH3 is 1. The number of hydrogen-bond donors (Lipinski definition) is 1. The first-order chi connectivity index (χ1) is 14.1. The lowest BCUT2D eigenvalue weighted by atomic mass is 10.2. The van der Waals surface area contributed by atoms with E-state index < -0.39 is 5.97 Å². The van der Waals surface area contributed by atoms with Crippen molar-refractivity contribution >= 4 is 28.7 Å². The van der Waals surface area contributed by atoms with Crippen molar-refractivity contribution in [3.05, 3.63) is 58.7 Å². The molecule has 150 valence electrons. The van der Waals surface area contributed by atoms with Crippen LogP contribution in [0.1, 0.15) is 28.5 Å². The van der Waals surface area contributed by atoms with Crippen molar-refractivity contribution < 1.29 is 19.0 Å². The molecule has 0 saturated carbocycles. The van der Waals surface area contributed by atoms with E-state index in [9.17, 15) is 4.79 Å². The highest BCUT2D eigenvalue weighted by Crippen LogP contribution is 2.31. The lowest BCUT2D eigenvalue weighted by molar-refractivity contribution is 0.0526. The summed E-state index contributed by atoms with van der Waals surface area (Å²) >= 11 is 1.48. The number of anilines is 1. The molecule has 3 aromatic rings. The van der Waals surface area contributed by atoms with E-state index >= 15 is 0 Å². The zero-order chi connectivity index (χ0) is 20.6.